The first-order chi connectivity index (χ1) is 14.0. The predicted molar refractivity (Wildman–Crippen MR) is 116 cm³/mol. The molecule has 29 heavy (non-hydrogen) atoms. The maximum Gasteiger partial charge on any atom is 0.321 e. The molecule has 1 aromatic heterocycles. The Hall–Kier alpha value is -3.02. The summed E-state index contributed by atoms with van der Waals surface area (Å²) in [7, 11) is 0. The van der Waals surface area contributed by atoms with E-state index in [1.54, 1.807) is 0 Å². The number of amides is 2. The molecule has 0 aliphatic carbocycles. The highest BCUT2D eigenvalue weighted by Crippen LogP contribution is 2.28. The van der Waals surface area contributed by atoms with Gasteiger partial charge in [-0.25, -0.2) is 9.78 Å². The van der Waals surface area contributed by atoms with Crippen LogP contribution in [0.1, 0.15) is 42.6 Å². The van der Waals surface area contributed by atoms with Crippen LogP contribution in [-0.2, 0) is 0 Å². The molecule has 1 atom stereocenters. The molecule has 2 heterocycles. The number of aromatic nitrogens is 2. The maximum atomic E-state index is 12.8. The normalized spacial score (nSPS) is 16.8. The average Bonchev–Trinajstić information content (AvgIpc) is 3.13. The van der Waals surface area contributed by atoms with Gasteiger partial charge in [0.05, 0.1) is 17.6 Å². The van der Waals surface area contributed by atoms with E-state index in [1.807, 2.05) is 36.1 Å². The minimum Gasteiger partial charge on any atom is -0.494 e. The van der Waals surface area contributed by atoms with Crippen LogP contribution in [0.15, 0.2) is 36.4 Å². The lowest BCUT2D eigenvalue weighted by Gasteiger charge is -2.31. The summed E-state index contributed by atoms with van der Waals surface area (Å²) in [5, 5.41) is 3.00. The number of nitrogens with one attached hydrogen (secondary N) is 2. The van der Waals surface area contributed by atoms with E-state index in [0.29, 0.717) is 13.2 Å². The second-order valence-corrected chi connectivity index (χ2v) is 7.75. The third-order valence-corrected chi connectivity index (χ3v) is 5.63. The Kier molecular flexibility index (Phi) is 5.43. The summed E-state index contributed by atoms with van der Waals surface area (Å²) in [5.41, 5.74) is 5.34. The Labute approximate surface area is 171 Å². The van der Waals surface area contributed by atoms with Crippen molar-refractivity contribution in [1.82, 2.24) is 14.9 Å². The second kappa shape index (κ2) is 8.15. The molecule has 2 aromatic carbocycles. The van der Waals surface area contributed by atoms with E-state index in [0.717, 1.165) is 47.7 Å². The lowest BCUT2D eigenvalue weighted by molar-refractivity contribution is 0.191. The summed E-state index contributed by atoms with van der Waals surface area (Å²) in [5.74, 6) is 2.00. The summed E-state index contributed by atoms with van der Waals surface area (Å²) < 4.78 is 5.45. The molecule has 6 nitrogen and oxygen atoms in total. The van der Waals surface area contributed by atoms with Gasteiger partial charge in [-0.15, -0.1) is 0 Å². The van der Waals surface area contributed by atoms with Crippen LogP contribution in [0, 0.1) is 13.8 Å². The van der Waals surface area contributed by atoms with Crippen molar-refractivity contribution < 1.29 is 9.53 Å². The summed E-state index contributed by atoms with van der Waals surface area (Å²) in [4.78, 5) is 22.9. The fourth-order valence-corrected chi connectivity index (χ4v) is 3.87. The molecule has 0 saturated carbocycles. The molecule has 4 rings (SSSR count). The van der Waals surface area contributed by atoms with Gasteiger partial charge < -0.3 is 19.9 Å². The van der Waals surface area contributed by atoms with E-state index in [9.17, 15) is 4.79 Å². The monoisotopic (exact) mass is 392 g/mol. The van der Waals surface area contributed by atoms with Crippen LogP contribution in [0.25, 0.3) is 11.0 Å². The zero-order valence-corrected chi connectivity index (χ0v) is 17.3. The third kappa shape index (κ3) is 4.21. The Morgan fingerprint density at radius 1 is 1.24 bits per heavy atom. The molecule has 0 bridgehead atoms. The first-order valence-electron chi connectivity index (χ1n) is 10.3. The number of H-pyrrole nitrogens is 1. The van der Waals surface area contributed by atoms with Gasteiger partial charge in [-0.1, -0.05) is 0 Å². The van der Waals surface area contributed by atoms with Gasteiger partial charge in [-0.2, -0.15) is 0 Å². The molecule has 1 saturated heterocycles. The minimum atomic E-state index is -0.0679. The van der Waals surface area contributed by atoms with E-state index in [1.165, 1.54) is 11.1 Å². The standard InChI is InChI=1S/C23H28N4O2/c1-4-29-19-9-7-18(8-10-19)24-23(28)27-11-5-6-17(14-27)22-25-20-12-15(2)16(3)13-21(20)26-22/h7-10,12-13,17H,4-6,11,14H2,1-3H3,(H,24,28)(H,25,26)/t17-/m0/s1. The van der Waals surface area contributed by atoms with E-state index >= 15 is 0 Å². The Morgan fingerprint density at radius 3 is 2.76 bits per heavy atom. The number of hydrogen-bond donors (Lipinski definition) is 2. The van der Waals surface area contributed by atoms with Gasteiger partial charge in [0, 0.05) is 24.7 Å². The van der Waals surface area contributed by atoms with Crippen molar-refractivity contribution in [1.29, 1.82) is 0 Å². The van der Waals surface area contributed by atoms with Gasteiger partial charge in [-0.05, 0) is 81.1 Å². The molecule has 1 aliphatic rings. The molecular formula is C23H28N4O2. The molecule has 152 valence electrons. The Morgan fingerprint density at radius 2 is 2.00 bits per heavy atom. The number of carbonyl (C=O) groups excluding carboxylic acids is 1. The summed E-state index contributed by atoms with van der Waals surface area (Å²) in [6.45, 7) is 8.23. The van der Waals surface area contributed by atoms with E-state index in [4.69, 9.17) is 9.72 Å². The summed E-state index contributed by atoms with van der Waals surface area (Å²) in [6.07, 6.45) is 2.00. The topological polar surface area (TPSA) is 70.2 Å². The number of ether oxygens (including phenoxy) is 1. The Balaban J connectivity index is 1.44. The highest BCUT2D eigenvalue weighted by atomic mass is 16.5. The fourth-order valence-electron chi connectivity index (χ4n) is 3.87. The largest absolute Gasteiger partial charge is 0.494 e. The van der Waals surface area contributed by atoms with Crippen LogP contribution in [0.3, 0.4) is 0 Å². The van der Waals surface area contributed by atoms with Crippen molar-refractivity contribution in [3.8, 4) is 5.75 Å². The number of fused-ring (bicyclic) bond motifs is 1. The lowest BCUT2D eigenvalue weighted by Crippen LogP contribution is -2.41. The molecule has 0 spiro atoms. The van der Waals surface area contributed by atoms with E-state index in [2.05, 4.69) is 36.3 Å². The summed E-state index contributed by atoms with van der Waals surface area (Å²) in [6, 6.07) is 11.7. The van der Waals surface area contributed by atoms with Crippen LogP contribution in [0.5, 0.6) is 5.75 Å². The van der Waals surface area contributed by atoms with Crippen LogP contribution >= 0.6 is 0 Å². The molecule has 1 aliphatic heterocycles. The number of likely N-dealkylation sites (tertiary alicyclic amines) is 1. The highest BCUT2D eigenvalue weighted by Gasteiger charge is 2.27. The molecule has 6 heteroatoms. The van der Waals surface area contributed by atoms with Crippen molar-refractivity contribution in [2.45, 2.75) is 39.5 Å². The number of aromatic amines is 1. The number of hydrogen-bond acceptors (Lipinski definition) is 3. The summed E-state index contributed by atoms with van der Waals surface area (Å²) >= 11 is 0. The van der Waals surface area contributed by atoms with E-state index in [-0.39, 0.29) is 11.9 Å². The molecule has 3 aromatic rings. The number of imidazole rings is 1. The molecule has 0 radical (unpaired) electrons. The van der Waals surface area contributed by atoms with Crippen LogP contribution in [-0.4, -0.2) is 40.6 Å². The maximum absolute atomic E-state index is 12.8. The van der Waals surface area contributed by atoms with Crippen LogP contribution in [0.4, 0.5) is 10.5 Å². The van der Waals surface area contributed by atoms with Crippen molar-refractivity contribution >= 4 is 22.8 Å². The zero-order valence-electron chi connectivity index (χ0n) is 17.3. The lowest BCUT2D eigenvalue weighted by atomic mass is 9.97. The number of carbonyl (C=O) groups is 1. The first kappa shape index (κ1) is 19.3. The fraction of sp³-hybridized carbons (Fsp3) is 0.391. The van der Waals surface area contributed by atoms with Gasteiger partial charge >= 0.3 is 6.03 Å². The van der Waals surface area contributed by atoms with Gasteiger partial charge in [-0.3, -0.25) is 0 Å². The smallest absolute Gasteiger partial charge is 0.321 e. The van der Waals surface area contributed by atoms with Crippen molar-refractivity contribution in [2.24, 2.45) is 0 Å². The van der Waals surface area contributed by atoms with Crippen molar-refractivity contribution in [3.05, 3.63) is 53.3 Å². The van der Waals surface area contributed by atoms with Gasteiger partial charge in [0.25, 0.3) is 0 Å². The molecule has 2 N–H and O–H groups in total. The molecule has 2 amide bonds. The highest BCUT2D eigenvalue weighted by molar-refractivity contribution is 5.89. The van der Waals surface area contributed by atoms with Crippen molar-refractivity contribution in [2.75, 3.05) is 25.0 Å². The number of anilines is 1. The first-order valence-corrected chi connectivity index (χ1v) is 10.3. The number of aryl methyl sites for hydroxylation is 2. The number of urea groups is 1. The molecular weight excluding hydrogens is 364 g/mol. The number of nitrogens with zero attached hydrogens (tertiary/aromatic N) is 2. The number of benzene rings is 2. The molecule has 1 fully saturated rings. The average molecular weight is 393 g/mol. The third-order valence-electron chi connectivity index (χ3n) is 5.63. The minimum absolute atomic E-state index is 0.0679. The van der Waals surface area contributed by atoms with Crippen LogP contribution in [0.2, 0.25) is 0 Å². The van der Waals surface area contributed by atoms with E-state index < -0.39 is 0 Å². The van der Waals surface area contributed by atoms with Gasteiger partial charge in [0.2, 0.25) is 0 Å². The predicted octanol–water partition coefficient (Wildman–Crippen LogP) is 4.99. The van der Waals surface area contributed by atoms with Crippen LogP contribution < -0.4 is 10.1 Å². The van der Waals surface area contributed by atoms with Crippen molar-refractivity contribution in [3.63, 3.8) is 0 Å². The quantitative estimate of drug-likeness (QED) is 0.657. The zero-order chi connectivity index (χ0) is 20.4. The number of piperidine rings is 1. The molecule has 0 unspecified atom stereocenters. The SMILES string of the molecule is CCOc1ccc(NC(=O)N2CCC[C@H](c3nc4cc(C)c(C)cc4[nH]3)C2)cc1. The Bertz CT molecular complexity index is 971. The van der Waals surface area contributed by atoms with Gasteiger partial charge in [0.15, 0.2) is 0 Å². The second-order valence-electron chi connectivity index (χ2n) is 7.75. The van der Waals surface area contributed by atoms with Gasteiger partial charge in [0.1, 0.15) is 11.6 Å². The number of rotatable bonds is 4.